The first-order chi connectivity index (χ1) is 13.1. The maximum atomic E-state index is 5.41. The summed E-state index contributed by atoms with van der Waals surface area (Å²) in [5.74, 6) is 2.55. The number of benzene rings is 1. The van der Waals surface area contributed by atoms with Gasteiger partial charge in [-0.25, -0.2) is 0 Å². The lowest BCUT2D eigenvalue weighted by Gasteiger charge is -2.15. The Morgan fingerprint density at radius 2 is 1.96 bits per heavy atom. The molecule has 27 heavy (non-hydrogen) atoms. The highest BCUT2D eigenvalue weighted by Gasteiger charge is 2.17. The van der Waals surface area contributed by atoms with Crippen LogP contribution in [0, 0.1) is 6.92 Å². The number of nitrogens with zero attached hydrogens (tertiary/aromatic N) is 7. The Kier molecular flexibility index (Phi) is 4.37. The number of hydrogen-bond donors (Lipinski definition) is 0. The Hall–Kier alpha value is -3.55. The van der Waals surface area contributed by atoms with E-state index in [9.17, 15) is 0 Å². The number of hydrogen-bond acceptors (Lipinski definition) is 7. The zero-order chi connectivity index (χ0) is 18.8. The van der Waals surface area contributed by atoms with E-state index in [1.54, 1.807) is 12.4 Å². The minimum Gasteiger partial charge on any atom is -0.336 e. The Morgan fingerprint density at radius 3 is 2.74 bits per heavy atom. The van der Waals surface area contributed by atoms with Crippen molar-refractivity contribution in [2.75, 3.05) is 11.9 Å². The maximum Gasteiger partial charge on any atom is 0.257 e. The standard InChI is InChI=1S/C19H19N7O/c1-13-6-4-7-14(10-13)18-21-16(24-27-18)12-25(2)19-23-22-17(26(19)3)15-8-5-9-20-11-15/h4-11H,12H2,1-3H3. The summed E-state index contributed by atoms with van der Waals surface area (Å²) in [5.41, 5.74) is 2.97. The molecule has 8 heteroatoms. The van der Waals surface area contributed by atoms with Gasteiger partial charge in [-0.15, -0.1) is 10.2 Å². The fourth-order valence-electron chi connectivity index (χ4n) is 2.90. The summed E-state index contributed by atoms with van der Waals surface area (Å²) in [5, 5.41) is 12.7. The normalized spacial score (nSPS) is 10.9. The fourth-order valence-corrected chi connectivity index (χ4v) is 2.90. The lowest BCUT2D eigenvalue weighted by molar-refractivity contribution is 0.422. The van der Waals surface area contributed by atoms with Crippen molar-refractivity contribution in [1.29, 1.82) is 0 Å². The van der Waals surface area contributed by atoms with Gasteiger partial charge in [-0.2, -0.15) is 4.98 Å². The second-order valence-electron chi connectivity index (χ2n) is 6.37. The molecule has 0 saturated carbocycles. The van der Waals surface area contributed by atoms with Gasteiger partial charge in [0.2, 0.25) is 5.95 Å². The summed E-state index contributed by atoms with van der Waals surface area (Å²) < 4.78 is 7.32. The molecule has 3 heterocycles. The minimum absolute atomic E-state index is 0.453. The van der Waals surface area contributed by atoms with Gasteiger partial charge >= 0.3 is 0 Å². The molecule has 0 bridgehead atoms. The van der Waals surface area contributed by atoms with E-state index in [0.717, 1.165) is 22.5 Å². The van der Waals surface area contributed by atoms with E-state index in [2.05, 4.69) is 25.3 Å². The van der Waals surface area contributed by atoms with E-state index in [4.69, 9.17) is 4.52 Å². The van der Waals surface area contributed by atoms with E-state index in [-0.39, 0.29) is 0 Å². The van der Waals surface area contributed by atoms with Crippen LogP contribution in [-0.4, -0.2) is 36.9 Å². The first-order valence-corrected chi connectivity index (χ1v) is 8.52. The predicted molar refractivity (Wildman–Crippen MR) is 101 cm³/mol. The Labute approximate surface area is 156 Å². The molecule has 1 aromatic carbocycles. The summed E-state index contributed by atoms with van der Waals surface area (Å²) >= 11 is 0. The van der Waals surface area contributed by atoms with E-state index in [0.29, 0.717) is 24.2 Å². The van der Waals surface area contributed by atoms with Crippen LogP contribution in [0.15, 0.2) is 53.3 Å². The molecule has 0 saturated heterocycles. The fraction of sp³-hybridized carbons (Fsp3) is 0.211. The molecule has 0 spiro atoms. The number of aromatic nitrogens is 6. The van der Waals surface area contributed by atoms with Gasteiger partial charge in [-0.1, -0.05) is 22.9 Å². The molecule has 136 valence electrons. The molecule has 4 aromatic rings. The van der Waals surface area contributed by atoms with Crippen molar-refractivity contribution < 1.29 is 4.52 Å². The van der Waals surface area contributed by atoms with Gasteiger partial charge in [0.1, 0.15) is 0 Å². The molecule has 0 atom stereocenters. The summed E-state index contributed by atoms with van der Waals surface area (Å²) in [6.07, 6.45) is 3.50. The van der Waals surface area contributed by atoms with E-state index >= 15 is 0 Å². The Morgan fingerprint density at radius 1 is 1.11 bits per heavy atom. The minimum atomic E-state index is 0.453. The SMILES string of the molecule is Cc1cccc(-c2nc(CN(C)c3nnc(-c4cccnc4)n3C)no2)c1. The highest BCUT2D eigenvalue weighted by molar-refractivity contribution is 5.56. The molecule has 8 nitrogen and oxygen atoms in total. The van der Waals surface area contributed by atoms with Crippen molar-refractivity contribution >= 4 is 5.95 Å². The van der Waals surface area contributed by atoms with Gasteiger partial charge in [-0.05, 0) is 31.2 Å². The molecule has 0 aliphatic rings. The molecule has 0 unspecified atom stereocenters. The zero-order valence-electron chi connectivity index (χ0n) is 15.4. The molecule has 0 radical (unpaired) electrons. The molecule has 0 amide bonds. The van der Waals surface area contributed by atoms with Crippen molar-refractivity contribution in [2.45, 2.75) is 13.5 Å². The van der Waals surface area contributed by atoms with Crippen molar-refractivity contribution in [3.05, 3.63) is 60.2 Å². The number of rotatable bonds is 5. The quantitative estimate of drug-likeness (QED) is 0.540. The van der Waals surface area contributed by atoms with Gasteiger partial charge in [0.25, 0.3) is 5.89 Å². The molecule has 0 fully saturated rings. The highest BCUT2D eigenvalue weighted by Crippen LogP contribution is 2.22. The van der Waals surface area contributed by atoms with Crippen LogP contribution in [0.25, 0.3) is 22.8 Å². The molecule has 0 aliphatic carbocycles. The second-order valence-corrected chi connectivity index (χ2v) is 6.37. The van der Waals surface area contributed by atoms with Crippen LogP contribution in [0.3, 0.4) is 0 Å². The summed E-state index contributed by atoms with van der Waals surface area (Å²) in [4.78, 5) is 10.6. The molecule has 0 aliphatic heterocycles. The van der Waals surface area contributed by atoms with Crippen molar-refractivity contribution in [2.24, 2.45) is 7.05 Å². The predicted octanol–water partition coefficient (Wildman–Crippen LogP) is 2.87. The van der Waals surface area contributed by atoms with E-state index in [1.807, 2.05) is 66.9 Å². The van der Waals surface area contributed by atoms with Crippen LogP contribution in [0.2, 0.25) is 0 Å². The third-order valence-electron chi connectivity index (χ3n) is 4.22. The third-order valence-corrected chi connectivity index (χ3v) is 4.22. The lowest BCUT2D eigenvalue weighted by Crippen LogP contribution is -2.21. The number of pyridine rings is 1. The van der Waals surface area contributed by atoms with Crippen molar-refractivity contribution in [3.8, 4) is 22.8 Å². The third kappa shape index (κ3) is 3.41. The average molecular weight is 361 g/mol. The van der Waals surface area contributed by atoms with Gasteiger partial charge in [-0.3, -0.25) is 9.55 Å². The molecular weight excluding hydrogens is 342 g/mol. The molecule has 4 rings (SSSR count). The van der Waals surface area contributed by atoms with Gasteiger partial charge in [0, 0.05) is 37.6 Å². The Balaban J connectivity index is 1.53. The average Bonchev–Trinajstić information content (AvgIpc) is 3.29. The van der Waals surface area contributed by atoms with Crippen LogP contribution >= 0.6 is 0 Å². The van der Waals surface area contributed by atoms with Crippen LogP contribution in [0.1, 0.15) is 11.4 Å². The van der Waals surface area contributed by atoms with Crippen LogP contribution in [-0.2, 0) is 13.6 Å². The Bertz CT molecular complexity index is 1050. The van der Waals surface area contributed by atoms with Crippen LogP contribution in [0.5, 0.6) is 0 Å². The zero-order valence-corrected chi connectivity index (χ0v) is 15.4. The largest absolute Gasteiger partial charge is 0.336 e. The highest BCUT2D eigenvalue weighted by atomic mass is 16.5. The first-order valence-electron chi connectivity index (χ1n) is 8.52. The molecular formula is C19H19N7O. The van der Waals surface area contributed by atoms with Gasteiger partial charge < -0.3 is 9.42 Å². The van der Waals surface area contributed by atoms with Gasteiger partial charge in [0.05, 0.1) is 6.54 Å². The maximum absolute atomic E-state index is 5.41. The van der Waals surface area contributed by atoms with Gasteiger partial charge in [0.15, 0.2) is 11.6 Å². The second kappa shape index (κ2) is 6.99. The molecule has 0 N–H and O–H groups in total. The van der Waals surface area contributed by atoms with Crippen molar-refractivity contribution in [1.82, 2.24) is 29.9 Å². The first kappa shape index (κ1) is 16.9. The number of aryl methyl sites for hydroxylation is 1. The molecule has 3 aromatic heterocycles. The topological polar surface area (TPSA) is 85.8 Å². The van der Waals surface area contributed by atoms with Crippen LogP contribution in [0.4, 0.5) is 5.95 Å². The van der Waals surface area contributed by atoms with Crippen LogP contribution < -0.4 is 4.90 Å². The summed E-state index contributed by atoms with van der Waals surface area (Å²) in [6.45, 7) is 2.48. The lowest BCUT2D eigenvalue weighted by atomic mass is 10.1. The number of anilines is 1. The van der Waals surface area contributed by atoms with E-state index < -0.39 is 0 Å². The summed E-state index contributed by atoms with van der Waals surface area (Å²) in [6, 6.07) is 11.8. The van der Waals surface area contributed by atoms with E-state index in [1.165, 1.54) is 0 Å². The summed E-state index contributed by atoms with van der Waals surface area (Å²) in [7, 11) is 3.84. The monoisotopic (exact) mass is 361 g/mol. The smallest absolute Gasteiger partial charge is 0.257 e. The van der Waals surface area contributed by atoms with Crippen molar-refractivity contribution in [3.63, 3.8) is 0 Å².